The van der Waals surface area contributed by atoms with E-state index in [-0.39, 0.29) is 6.61 Å². The van der Waals surface area contributed by atoms with Crippen LogP contribution in [0.25, 0.3) is 0 Å². The third-order valence-electron chi connectivity index (χ3n) is 4.37. The van der Waals surface area contributed by atoms with Gasteiger partial charge in [0.2, 0.25) is 0 Å². The summed E-state index contributed by atoms with van der Waals surface area (Å²) in [5, 5.41) is 12.2. The molecule has 4 nitrogen and oxygen atoms in total. The number of piperidine rings is 1. The molecule has 1 aromatic rings. The number of nitrogens with zero attached hydrogens (tertiary/aromatic N) is 2. The van der Waals surface area contributed by atoms with Crippen molar-refractivity contribution in [3.63, 3.8) is 0 Å². The minimum absolute atomic E-state index is 0.104. The molecule has 1 aromatic carbocycles. The lowest BCUT2D eigenvalue weighted by Gasteiger charge is -2.33. The highest BCUT2D eigenvalue weighted by atomic mass is 16.5. The molecule has 20 heavy (non-hydrogen) atoms. The van der Waals surface area contributed by atoms with Gasteiger partial charge < -0.3 is 10.1 Å². The fraction of sp³-hybridized carbons (Fsp3) is 0.562. The lowest BCUT2D eigenvalue weighted by atomic mass is 9.99. The van der Waals surface area contributed by atoms with Gasteiger partial charge in [0.15, 0.2) is 6.61 Å². The van der Waals surface area contributed by atoms with Crippen LogP contribution in [-0.2, 0) is 0 Å². The number of anilines is 1. The predicted molar refractivity (Wildman–Crippen MR) is 78.8 cm³/mol. The quantitative estimate of drug-likeness (QED) is 0.914. The maximum Gasteiger partial charge on any atom is 0.174 e. The van der Waals surface area contributed by atoms with Crippen LogP contribution in [-0.4, -0.2) is 36.7 Å². The number of nitrogens with one attached hydrogen (secondary N) is 1. The van der Waals surface area contributed by atoms with Crippen LogP contribution in [0.3, 0.4) is 0 Å². The van der Waals surface area contributed by atoms with E-state index in [1.807, 2.05) is 30.3 Å². The standard InChI is InChI=1S/C16H21N3O/c17-9-12-20-14-6-4-13(5-7-14)18-15-8-11-19-10-2-1-3-16(15)19/h4-7,15-16,18H,1-3,8,10-12H2. The maximum atomic E-state index is 8.49. The molecule has 2 aliphatic heterocycles. The minimum Gasteiger partial charge on any atom is -0.479 e. The van der Waals surface area contributed by atoms with E-state index >= 15 is 0 Å². The Kier molecular flexibility index (Phi) is 4.08. The molecule has 0 bridgehead atoms. The van der Waals surface area contributed by atoms with Gasteiger partial charge in [0, 0.05) is 24.3 Å². The van der Waals surface area contributed by atoms with Gasteiger partial charge in [0.05, 0.1) is 0 Å². The molecule has 2 aliphatic rings. The Labute approximate surface area is 120 Å². The van der Waals surface area contributed by atoms with E-state index in [0.29, 0.717) is 12.1 Å². The van der Waals surface area contributed by atoms with Crippen molar-refractivity contribution in [1.29, 1.82) is 5.26 Å². The Balaban J connectivity index is 1.59. The van der Waals surface area contributed by atoms with Crippen LogP contribution in [0.1, 0.15) is 25.7 Å². The normalized spacial score (nSPS) is 25.8. The van der Waals surface area contributed by atoms with Gasteiger partial charge in [-0.2, -0.15) is 5.26 Å². The molecule has 0 aromatic heterocycles. The number of ether oxygens (including phenoxy) is 1. The second-order valence-corrected chi connectivity index (χ2v) is 5.61. The largest absolute Gasteiger partial charge is 0.479 e. The van der Waals surface area contributed by atoms with E-state index in [2.05, 4.69) is 10.2 Å². The molecule has 106 valence electrons. The van der Waals surface area contributed by atoms with Gasteiger partial charge in [-0.05, 0) is 50.1 Å². The molecule has 2 unspecified atom stereocenters. The molecule has 2 heterocycles. The molecule has 4 heteroatoms. The van der Waals surface area contributed by atoms with Crippen molar-refractivity contribution < 1.29 is 4.74 Å². The predicted octanol–water partition coefficient (Wildman–Crippen LogP) is 2.63. The molecule has 0 aliphatic carbocycles. The van der Waals surface area contributed by atoms with Crippen molar-refractivity contribution in [3.05, 3.63) is 24.3 Å². The zero-order chi connectivity index (χ0) is 13.8. The Morgan fingerprint density at radius 1 is 1.20 bits per heavy atom. The van der Waals surface area contributed by atoms with Crippen molar-refractivity contribution in [2.75, 3.05) is 25.0 Å². The van der Waals surface area contributed by atoms with Gasteiger partial charge in [0.25, 0.3) is 0 Å². The summed E-state index contributed by atoms with van der Waals surface area (Å²) in [7, 11) is 0. The highest BCUT2D eigenvalue weighted by Gasteiger charge is 2.35. The van der Waals surface area contributed by atoms with Gasteiger partial charge in [-0.1, -0.05) is 6.42 Å². The first-order chi connectivity index (χ1) is 9.86. The molecular weight excluding hydrogens is 250 g/mol. The first-order valence-electron chi connectivity index (χ1n) is 7.47. The minimum atomic E-state index is 0.104. The van der Waals surface area contributed by atoms with Gasteiger partial charge in [-0.3, -0.25) is 4.90 Å². The molecule has 0 spiro atoms. The van der Waals surface area contributed by atoms with E-state index in [1.54, 1.807) is 0 Å². The summed E-state index contributed by atoms with van der Waals surface area (Å²) < 4.78 is 5.27. The molecule has 0 saturated carbocycles. The van der Waals surface area contributed by atoms with Crippen LogP contribution >= 0.6 is 0 Å². The number of nitriles is 1. The summed E-state index contributed by atoms with van der Waals surface area (Å²) >= 11 is 0. The van der Waals surface area contributed by atoms with E-state index in [4.69, 9.17) is 10.00 Å². The zero-order valence-corrected chi connectivity index (χ0v) is 11.7. The number of benzene rings is 1. The summed E-state index contributed by atoms with van der Waals surface area (Å²) in [4.78, 5) is 2.63. The summed E-state index contributed by atoms with van der Waals surface area (Å²) in [6.07, 6.45) is 5.27. The Morgan fingerprint density at radius 2 is 2.05 bits per heavy atom. The average molecular weight is 271 g/mol. The van der Waals surface area contributed by atoms with Crippen LogP contribution in [0.4, 0.5) is 5.69 Å². The maximum absolute atomic E-state index is 8.49. The third-order valence-corrected chi connectivity index (χ3v) is 4.37. The molecular formula is C16H21N3O. The second-order valence-electron chi connectivity index (χ2n) is 5.61. The van der Waals surface area contributed by atoms with Crippen LogP contribution in [0.15, 0.2) is 24.3 Å². The highest BCUT2D eigenvalue weighted by Crippen LogP contribution is 2.29. The van der Waals surface area contributed by atoms with Gasteiger partial charge >= 0.3 is 0 Å². The van der Waals surface area contributed by atoms with Gasteiger partial charge in [-0.15, -0.1) is 0 Å². The Bertz CT molecular complexity index is 479. The third kappa shape index (κ3) is 2.88. The summed E-state index contributed by atoms with van der Waals surface area (Å²) in [5.41, 5.74) is 1.15. The van der Waals surface area contributed by atoms with Crippen molar-refractivity contribution >= 4 is 5.69 Å². The van der Waals surface area contributed by atoms with Crippen LogP contribution < -0.4 is 10.1 Å². The molecule has 2 atom stereocenters. The molecule has 0 amide bonds. The van der Waals surface area contributed by atoms with Crippen LogP contribution in [0, 0.1) is 11.3 Å². The summed E-state index contributed by atoms with van der Waals surface area (Å²) in [5.74, 6) is 0.753. The van der Waals surface area contributed by atoms with Crippen LogP contribution in [0.5, 0.6) is 5.75 Å². The second kappa shape index (κ2) is 6.15. The van der Waals surface area contributed by atoms with Crippen LogP contribution in [0.2, 0.25) is 0 Å². The molecule has 1 N–H and O–H groups in total. The SMILES string of the molecule is N#CCOc1ccc(NC2CCN3CCCCC23)cc1. The zero-order valence-electron chi connectivity index (χ0n) is 11.7. The number of hydrogen-bond acceptors (Lipinski definition) is 4. The number of rotatable bonds is 4. The van der Waals surface area contributed by atoms with Crippen molar-refractivity contribution in [2.24, 2.45) is 0 Å². The van der Waals surface area contributed by atoms with E-state index < -0.39 is 0 Å². The van der Waals surface area contributed by atoms with E-state index in [1.165, 1.54) is 38.8 Å². The van der Waals surface area contributed by atoms with Gasteiger partial charge in [-0.25, -0.2) is 0 Å². The highest BCUT2D eigenvalue weighted by molar-refractivity contribution is 5.47. The Hall–Kier alpha value is -1.73. The lowest BCUT2D eigenvalue weighted by Crippen LogP contribution is -2.41. The average Bonchev–Trinajstić information content (AvgIpc) is 2.90. The van der Waals surface area contributed by atoms with E-state index in [9.17, 15) is 0 Å². The fourth-order valence-electron chi connectivity index (χ4n) is 3.39. The Morgan fingerprint density at radius 3 is 2.85 bits per heavy atom. The van der Waals surface area contributed by atoms with Crippen molar-refractivity contribution in [2.45, 2.75) is 37.8 Å². The van der Waals surface area contributed by atoms with Crippen molar-refractivity contribution in [1.82, 2.24) is 4.90 Å². The first kappa shape index (κ1) is 13.3. The monoisotopic (exact) mass is 271 g/mol. The molecule has 3 rings (SSSR count). The van der Waals surface area contributed by atoms with Crippen molar-refractivity contribution in [3.8, 4) is 11.8 Å². The lowest BCUT2D eigenvalue weighted by molar-refractivity contribution is 0.193. The van der Waals surface area contributed by atoms with Gasteiger partial charge in [0.1, 0.15) is 11.8 Å². The summed E-state index contributed by atoms with van der Waals surface area (Å²) in [6, 6.07) is 11.2. The first-order valence-corrected chi connectivity index (χ1v) is 7.47. The number of fused-ring (bicyclic) bond motifs is 1. The topological polar surface area (TPSA) is 48.3 Å². The number of hydrogen-bond donors (Lipinski definition) is 1. The molecule has 2 fully saturated rings. The molecule has 2 saturated heterocycles. The molecule has 0 radical (unpaired) electrons. The smallest absolute Gasteiger partial charge is 0.174 e. The van der Waals surface area contributed by atoms with E-state index in [0.717, 1.165) is 11.4 Å². The summed E-state index contributed by atoms with van der Waals surface area (Å²) in [6.45, 7) is 2.60. The fourth-order valence-corrected chi connectivity index (χ4v) is 3.39.